The number of aliphatic imine (C=N–C) groups is 1. The predicted octanol–water partition coefficient (Wildman–Crippen LogP) is 3.36. The predicted molar refractivity (Wildman–Crippen MR) is 112 cm³/mol. The second-order valence-corrected chi connectivity index (χ2v) is 7.62. The molecule has 0 aromatic heterocycles. The Morgan fingerprint density at radius 1 is 1.21 bits per heavy atom. The standard InChI is InChI=1S/C21H26N4O4/c1-13(21(2,3)4)20(28)29-16-8-9-17(18(26)11-16)25-19(27)14-6-5-7-15(10-14)23-12-24-22/h5-13,26H,22H2,1-4H3,(H,23,24)(H,25,27). The van der Waals surface area contributed by atoms with Crippen LogP contribution in [0.15, 0.2) is 47.5 Å². The molecule has 1 atom stereocenters. The van der Waals surface area contributed by atoms with Crippen LogP contribution in [0.5, 0.6) is 11.5 Å². The van der Waals surface area contributed by atoms with Gasteiger partial charge in [-0.25, -0.2) is 10.8 Å². The molecule has 0 aliphatic rings. The Hall–Kier alpha value is -3.39. The number of nitrogens with one attached hydrogen (secondary N) is 2. The molecule has 154 valence electrons. The Balaban J connectivity index is 2.10. The molecule has 2 aromatic carbocycles. The number of anilines is 1. The van der Waals surface area contributed by atoms with Crippen molar-refractivity contribution in [2.45, 2.75) is 27.7 Å². The second-order valence-electron chi connectivity index (χ2n) is 7.62. The van der Waals surface area contributed by atoms with Gasteiger partial charge in [-0.05, 0) is 35.7 Å². The van der Waals surface area contributed by atoms with Crippen LogP contribution in [-0.2, 0) is 4.79 Å². The summed E-state index contributed by atoms with van der Waals surface area (Å²) in [6, 6.07) is 10.8. The minimum atomic E-state index is -0.427. The van der Waals surface area contributed by atoms with Crippen LogP contribution in [0.2, 0.25) is 0 Å². The quantitative estimate of drug-likeness (QED) is 0.112. The minimum Gasteiger partial charge on any atom is -0.506 e. The summed E-state index contributed by atoms with van der Waals surface area (Å²) in [5, 5.41) is 12.8. The summed E-state index contributed by atoms with van der Waals surface area (Å²) in [5.41, 5.74) is 3.12. The molecule has 1 amide bonds. The highest BCUT2D eigenvalue weighted by molar-refractivity contribution is 6.05. The molecule has 0 aliphatic carbocycles. The number of amides is 1. The summed E-state index contributed by atoms with van der Waals surface area (Å²) in [7, 11) is 0. The third-order valence-corrected chi connectivity index (χ3v) is 4.48. The highest BCUT2D eigenvalue weighted by Crippen LogP contribution is 2.31. The summed E-state index contributed by atoms with van der Waals surface area (Å²) >= 11 is 0. The molecule has 29 heavy (non-hydrogen) atoms. The fourth-order valence-electron chi connectivity index (χ4n) is 2.27. The minimum absolute atomic E-state index is 0.191. The number of ether oxygens (including phenoxy) is 1. The Labute approximate surface area is 169 Å². The molecule has 2 rings (SSSR count). The van der Waals surface area contributed by atoms with E-state index >= 15 is 0 Å². The molecule has 0 saturated carbocycles. The van der Waals surface area contributed by atoms with Gasteiger partial charge in [0, 0.05) is 11.6 Å². The van der Waals surface area contributed by atoms with Crippen molar-refractivity contribution >= 4 is 29.6 Å². The maximum atomic E-state index is 12.5. The molecule has 0 spiro atoms. The van der Waals surface area contributed by atoms with Gasteiger partial charge in [0.15, 0.2) is 0 Å². The highest BCUT2D eigenvalue weighted by Gasteiger charge is 2.28. The molecule has 0 fully saturated rings. The summed E-state index contributed by atoms with van der Waals surface area (Å²) in [4.78, 5) is 28.7. The molecule has 0 radical (unpaired) electrons. The monoisotopic (exact) mass is 398 g/mol. The molecule has 8 heteroatoms. The summed E-state index contributed by atoms with van der Waals surface area (Å²) in [5.74, 6) is 3.98. The van der Waals surface area contributed by atoms with E-state index in [0.29, 0.717) is 11.3 Å². The average Bonchev–Trinajstić information content (AvgIpc) is 2.67. The topological polar surface area (TPSA) is 126 Å². The van der Waals surface area contributed by atoms with E-state index in [1.54, 1.807) is 31.2 Å². The van der Waals surface area contributed by atoms with E-state index in [1.165, 1.54) is 24.5 Å². The molecular weight excluding hydrogens is 372 g/mol. The van der Waals surface area contributed by atoms with E-state index < -0.39 is 11.9 Å². The maximum absolute atomic E-state index is 12.5. The molecule has 0 aliphatic heterocycles. The lowest BCUT2D eigenvalue weighted by Crippen LogP contribution is -2.29. The van der Waals surface area contributed by atoms with Gasteiger partial charge in [0.05, 0.1) is 17.3 Å². The lowest BCUT2D eigenvalue weighted by molar-refractivity contribution is -0.141. The van der Waals surface area contributed by atoms with E-state index in [1.807, 2.05) is 20.8 Å². The summed E-state index contributed by atoms with van der Waals surface area (Å²) in [6.45, 7) is 7.63. The normalized spacial score (nSPS) is 12.4. The number of phenols is 1. The van der Waals surface area contributed by atoms with E-state index in [0.717, 1.165) is 0 Å². The van der Waals surface area contributed by atoms with Crippen molar-refractivity contribution < 1.29 is 19.4 Å². The molecule has 2 aromatic rings. The van der Waals surface area contributed by atoms with Gasteiger partial charge in [0.25, 0.3) is 5.91 Å². The van der Waals surface area contributed by atoms with Crippen LogP contribution >= 0.6 is 0 Å². The van der Waals surface area contributed by atoms with Crippen molar-refractivity contribution in [2.75, 3.05) is 5.32 Å². The van der Waals surface area contributed by atoms with Gasteiger partial charge >= 0.3 is 5.97 Å². The first-order valence-corrected chi connectivity index (χ1v) is 9.06. The number of rotatable bonds is 6. The number of carbonyl (C=O) groups is 2. The Morgan fingerprint density at radius 2 is 1.93 bits per heavy atom. The van der Waals surface area contributed by atoms with Crippen LogP contribution in [0.25, 0.3) is 0 Å². The smallest absolute Gasteiger partial charge is 0.314 e. The molecule has 5 N–H and O–H groups in total. The van der Waals surface area contributed by atoms with Crippen LogP contribution in [0, 0.1) is 11.3 Å². The van der Waals surface area contributed by atoms with E-state index in [2.05, 4.69) is 15.7 Å². The number of aromatic hydroxyl groups is 1. The molecular formula is C21H26N4O4. The molecule has 0 bridgehead atoms. The van der Waals surface area contributed by atoms with Gasteiger partial charge in [0.2, 0.25) is 0 Å². The van der Waals surface area contributed by atoms with E-state index in [-0.39, 0.29) is 28.5 Å². The van der Waals surface area contributed by atoms with Gasteiger partial charge in [-0.1, -0.05) is 33.8 Å². The second kappa shape index (κ2) is 9.20. The van der Waals surface area contributed by atoms with Crippen molar-refractivity contribution in [3.63, 3.8) is 0 Å². The van der Waals surface area contributed by atoms with Gasteiger partial charge in [-0.3, -0.25) is 9.59 Å². The summed E-state index contributed by atoms with van der Waals surface area (Å²) in [6.07, 6.45) is 1.30. The van der Waals surface area contributed by atoms with Crippen LogP contribution in [-0.4, -0.2) is 23.3 Å². The maximum Gasteiger partial charge on any atom is 0.314 e. The Morgan fingerprint density at radius 3 is 2.55 bits per heavy atom. The fraction of sp³-hybridized carbons (Fsp3) is 0.286. The molecule has 0 saturated heterocycles. The van der Waals surface area contributed by atoms with Gasteiger partial charge in [0.1, 0.15) is 17.8 Å². The third-order valence-electron chi connectivity index (χ3n) is 4.48. The number of carbonyl (C=O) groups excluding carboxylic acids is 2. The number of nitrogens with two attached hydrogens (primary N) is 1. The number of phenolic OH excluding ortho intramolecular Hbond substituents is 1. The zero-order valence-electron chi connectivity index (χ0n) is 16.9. The highest BCUT2D eigenvalue weighted by atomic mass is 16.5. The van der Waals surface area contributed by atoms with Crippen molar-refractivity contribution in [3.8, 4) is 11.5 Å². The average molecular weight is 398 g/mol. The van der Waals surface area contributed by atoms with Gasteiger partial charge in [-0.2, -0.15) is 0 Å². The molecule has 8 nitrogen and oxygen atoms in total. The summed E-state index contributed by atoms with van der Waals surface area (Å²) < 4.78 is 5.34. The third kappa shape index (κ3) is 6.05. The van der Waals surface area contributed by atoms with Crippen LogP contribution < -0.4 is 21.3 Å². The van der Waals surface area contributed by atoms with Crippen LogP contribution in [0.1, 0.15) is 38.1 Å². The molecule has 0 heterocycles. The number of esters is 1. The number of hydrazine groups is 1. The van der Waals surface area contributed by atoms with Crippen molar-refractivity contribution in [1.29, 1.82) is 0 Å². The largest absolute Gasteiger partial charge is 0.506 e. The molecule has 1 unspecified atom stereocenters. The lowest BCUT2D eigenvalue weighted by Gasteiger charge is -2.25. The number of benzene rings is 2. The SMILES string of the molecule is CC(C(=O)Oc1ccc(NC(=O)c2cccc(N=CNN)c2)c(O)c1)C(C)(C)C. The number of hydrogen-bond donors (Lipinski definition) is 4. The van der Waals surface area contributed by atoms with Gasteiger partial charge < -0.3 is 20.6 Å². The van der Waals surface area contributed by atoms with E-state index in [9.17, 15) is 14.7 Å². The Bertz CT molecular complexity index is 919. The first kappa shape index (κ1) is 21.9. The van der Waals surface area contributed by atoms with E-state index in [4.69, 9.17) is 10.6 Å². The van der Waals surface area contributed by atoms with Crippen molar-refractivity contribution in [3.05, 3.63) is 48.0 Å². The first-order chi connectivity index (χ1) is 13.6. The fourth-order valence-corrected chi connectivity index (χ4v) is 2.27. The van der Waals surface area contributed by atoms with Crippen LogP contribution in [0.4, 0.5) is 11.4 Å². The number of hydrogen-bond acceptors (Lipinski definition) is 6. The number of nitrogens with zero attached hydrogens (tertiary/aromatic N) is 1. The Kier molecular flexibility index (Phi) is 6.95. The van der Waals surface area contributed by atoms with Crippen LogP contribution in [0.3, 0.4) is 0 Å². The van der Waals surface area contributed by atoms with Crippen molar-refractivity contribution in [1.82, 2.24) is 5.43 Å². The van der Waals surface area contributed by atoms with Crippen molar-refractivity contribution in [2.24, 2.45) is 22.2 Å². The first-order valence-electron chi connectivity index (χ1n) is 9.06. The zero-order chi connectivity index (χ0) is 21.6. The zero-order valence-corrected chi connectivity index (χ0v) is 16.9. The van der Waals surface area contributed by atoms with Gasteiger partial charge in [-0.15, -0.1) is 0 Å². The lowest BCUT2D eigenvalue weighted by atomic mass is 9.82.